The molecule has 0 aliphatic rings. The zero-order chi connectivity index (χ0) is 11.4. The summed E-state index contributed by atoms with van der Waals surface area (Å²) in [5.41, 5.74) is 1.17. The largest absolute Gasteiger partial charge is 0.478 e. The molecule has 0 saturated carbocycles. The molecule has 0 aliphatic heterocycles. The fraction of sp³-hybridized carbons (Fsp3) is 0.0909. The molecule has 2 N–H and O–H groups in total. The number of aryl methyl sites for hydroxylation is 1. The zero-order valence-corrected chi connectivity index (χ0v) is 8.28. The lowest BCUT2D eigenvalue weighted by Crippen LogP contribution is -2.11. The highest BCUT2D eigenvalue weighted by Crippen LogP contribution is 2.17. The van der Waals surface area contributed by atoms with Gasteiger partial charge in [0.05, 0.1) is 11.3 Å². The van der Waals surface area contributed by atoms with Crippen LogP contribution < -0.4 is 5.32 Å². The molecule has 4 nitrogen and oxygen atoms in total. The molecule has 0 radical (unpaired) electrons. The van der Waals surface area contributed by atoms with Gasteiger partial charge in [-0.1, -0.05) is 18.2 Å². The van der Waals surface area contributed by atoms with Crippen LogP contribution in [0.1, 0.15) is 15.9 Å². The normalized spacial score (nSPS) is 9.40. The zero-order valence-electron chi connectivity index (χ0n) is 8.28. The number of benzene rings is 1. The first-order chi connectivity index (χ1) is 7.04. The molecule has 1 aromatic carbocycles. The van der Waals surface area contributed by atoms with Crippen LogP contribution in [0.4, 0.5) is 5.69 Å². The van der Waals surface area contributed by atoms with Crippen LogP contribution in [0.2, 0.25) is 0 Å². The Labute approximate surface area is 87.2 Å². The van der Waals surface area contributed by atoms with Gasteiger partial charge in [-0.2, -0.15) is 0 Å². The predicted octanol–water partition coefficient (Wildman–Crippen LogP) is 1.82. The molecule has 0 bridgehead atoms. The van der Waals surface area contributed by atoms with Crippen LogP contribution in [-0.2, 0) is 4.79 Å². The third-order valence-electron chi connectivity index (χ3n) is 1.85. The fourth-order valence-electron chi connectivity index (χ4n) is 1.13. The number of hydrogen-bond acceptors (Lipinski definition) is 2. The Kier molecular flexibility index (Phi) is 3.23. The van der Waals surface area contributed by atoms with Crippen molar-refractivity contribution >= 4 is 17.6 Å². The highest BCUT2D eigenvalue weighted by atomic mass is 16.4. The molecule has 1 rings (SSSR count). The molecule has 0 unspecified atom stereocenters. The van der Waals surface area contributed by atoms with Crippen LogP contribution in [0.25, 0.3) is 0 Å². The van der Waals surface area contributed by atoms with Crippen molar-refractivity contribution in [3.05, 3.63) is 42.0 Å². The van der Waals surface area contributed by atoms with Gasteiger partial charge in [0, 0.05) is 0 Å². The van der Waals surface area contributed by atoms with E-state index < -0.39 is 11.9 Å². The van der Waals surface area contributed by atoms with Gasteiger partial charge in [0.2, 0.25) is 5.91 Å². The second kappa shape index (κ2) is 4.41. The summed E-state index contributed by atoms with van der Waals surface area (Å²) in [6.45, 7) is 5.07. The van der Waals surface area contributed by atoms with Crippen LogP contribution in [0, 0.1) is 6.92 Å². The maximum atomic E-state index is 11.0. The van der Waals surface area contributed by atoms with Gasteiger partial charge in [-0.3, -0.25) is 4.79 Å². The van der Waals surface area contributed by atoms with E-state index >= 15 is 0 Å². The van der Waals surface area contributed by atoms with Crippen LogP contribution >= 0.6 is 0 Å². The van der Waals surface area contributed by atoms with Gasteiger partial charge in [-0.05, 0) is 25.1 Å². The summed E-state index contributed by atoms with van der Waals surface area (Å²) < 4.78 is 0. The topological polar surface area (TPSA) is 66.4 Å². The van der Waals surface area contributed by atoms with E-state index in [9.17, 15) is 9.59 Å². The molecule has 78 valence electrons. The van der Waals surface area contributed by atoms with Gasteiger partial charge in [0.15, 0.2) is 0 Å². The van der Waals surface area contributed by atoms with Gasteiger partial charge in [0.25, 0.3) is 0 Å². The highest BCUT2D eigenvalue weighted by Gasteiger charge is 2.10. The number of hydrogen-bond donors (Lipinski definition) is 2. The van der Waals surface area contributed by atoms with Crippen molar-refractivity contribution in [3.8, 4) is 0 Å². The lowest BCUT2D eigenvalue weighted by atomic mass is 10.1. The summed E-state index contributed by atoms with van der Waals surface area (Å²) in [5, 5.41) is 11.3. The average Bonchev–Trinajstić information content (AvgIpc) is 2.20. The third-order valence-corrected chi connectivity index (χ3v) is 1.85. The highest BCUT2D eigenvalue weighted by molar-refractivity contribution is 6.04. The van der Waals surface area contributed by atoms with E-state index in [0.717, 1.165) is 11.6 Å². The Morgan fingerprint density at radius 3 is 2.67 bits per heavy atom. The van der Waals surface area contributed by atoms with Gasteiger partial charge < -0.3 is 10.4 Å². The molecule has 0 aliphatic carbocycles. The molecule has 1 amide bonds. The van der Waals surface area contributed by atoms with E-state index in [0.29, 0.717) is 0 Å². The van der Waals surface area contributed by atoms with Crippen molar-refractivity contribution in [1.29, 1.82) is 0 Å². The summed E-state index contributed by atoms with van der Waals surface area (Å²) in [4.78, 5) is 21.9. The Morgan fingerprint density at radius 2 is 2.13 bits per heavy atom. The molecule has 0 fully saturated rings. The minimum atomic E-state index is -1.07. The molecule has 0 heterocycles. The summed E-state index contributed by atoms with van der Waals surface area (Å²) in [5.74, 6) is -1.50. The smallest absolute Gasteiger partial charge is 0.337 e. The van der Waals surface area contributed by atoms with E-state index in [4.69, 9.17) is 5.11 Å². The minimum absolute atomic E-state index is 0.0743. The number of anilines is 1. The predicted molar refractivity (Wildman–Crippen MR) is 57.0 cm³/mol. The summed E-state index contributed by atoms with van der Waals surface area (Å²) in [6.07, 6.45) is 1.09. The van der Waals surface area contributed by atoms with Gasteiger partial charge >= 0.3 is 5.97 Å². The molecule has 0 spiro atoms. The van der Waals surface area contributed by atoms with Crippen molar-refractivity contribution in [1.82, 2.24) is 0 Å². The second-order valence-corrected chi connectivity index (χ2v) is 3.05. The van der Waals surface area contributed by atoms with Crippen molar-refractivity contribution in [2.75, 3.05) is 5.32 Å². The number of carbonyl (C=O) groups excluding carboxylic acids is 1. The van der Waals surface area contributed by atoms with Gasteiger partial charge in [0.1, 0.15) is 0 Å². The van der Waals surface area contributed by atoms with Crippen LogP contribution in [0.15, 0.2) is 30.9 Å². The van der Waals surface area contributed by atoms with Crippen molar-refractivity contribution in [2.45, 2.75) is 6.92 Å². The fourth-order valence-corrected chi connectivity index (χ4v) is 1.13. The van der Waals surface area contributed by atoms with E-state index in [1.807, 2.05) is 0 Å². The van der Waals surface area contributed by atoms with E-state index in [1.54, 1.807) is 19.1 Å². The lowest BCUT2D eigenvalue weighted by molar-refractivity contribution is -0.111. The number of aromatic carboxylic acids is 1. The van der Waals surface area contributed by atoms with Crippen LogP contribution in [-0.4, -0.2) is 17.0 Å². The maximum absolute atomic E-state index is 11.0. The molecule has 15 heavy (non-hydrogen) atoms. The van der Waals surface area contributed by atoms with Crippen LogP contribution in [0.3, 0.4) is 0 Å². The molecule has 1 aromatic rings. The molecule has 0 aromatic heterocycles. The first-order valence-corrected chi connectivity index (χ1v) is 4.32. The Hall–Kier alpha value is -2.10. The molecule has 0 saturated heterocycles. The third kappa shape index (κ3) is 2.67. The molecule has 0 atom stereocenters. The minimum Gasteiger partial charge on any atom is -0.478 e. The summed E-state index contributed by atoms with van der Waals surface area (Å²) >= 11 is 0. The molecular weight excluding hydrogens is 194 g/mol. The van der Waals surface area contributed by atoms with Crippen molar-refractivity contribution in [3.63, 3.8) is 0 Å². The number of carboxylic acids is 1. The quantitative estimate of drug-likeness (QED) is 0.739. The second-order valence-electron chi connectivity index (χ2n) is 3.05. The number of carbonyl (C=O) groups is 2. The summed E-state index contributed by atoms with van der Waals surface area (Å²) in [6, 6.07) is 4.78. The van der Waals surface area contributed by atoms with Crippen LogP contribution in [0.5, 0.6) is 0 Å². The van der Waals surface area contributed by atoms with E-state index in [2.05, 4.69) is 11.9 Å². The maximum Gasteiger partial charge on any atom is 0.337 e. The average molecular weight is 205 g/mol. The molecular formula is C11H11NO3. The number of rotatable bonds is 3. The number of nitrogens with one attached hydrogen (secondary N) is 1. The Bertz CT molecular complexity index is 424. The van der Waals surface area contributed by atoms with Crippen molar-refractivity contribution < 1.29 is 14.7 Å². The Morgan fingerprint density at radius 1 is 1.47 bits per heavy atom. The monoisotopic (exact) mass is 205 g/mol. The standard InChI is InChI=1S/C11H11NO3/c1-3-10(13)12-9-5-4-7(2)6-8(9)11(14)15/h3-6H,1H2,2H3,(H,12,13)(H,14,15). The van der Waals surface area contributed by atoms with E-state index in [1.165, 1.54) is 6.07 Å². The Balaban J connectivity index is 3.11. The lowest BCUT2D eigenvalue weighted by Gasteiger charge is -2.07. The first-order valence-electron chi connectivity index (χ1n) is 4.32. The first kappa shape index (κ1) is 11.0. The number of amides is 1. The SMILES string of the molecule is C=CC(=O)Nc1ccc(C)cc1C(=O)O. The van der Waals surface area contributed by atoms with E-state index in [-0.39, 0.29) is 11.3 Å². The van der Waals surface area contributed by atoms with Gasteiger partial charge in [-0.25, -0.2) is 4.79 Å². The van der Waals surface area contributed by atoms with Gasteiger partial charge in [-0.15, -0.1) is 0 Å². The molecule has 4 heteroatoms. The van der Waals surface area contributed by atoms with Crippen molar-refractivity contribution in [2.24, 2.45) is 0 Å². The summed E-state index contributed by atoms with van der Waals surface area (Å²) in [7, 11) is 0. The number of carboxylic acid groups (broad SMARTS) is 1.